The van der Waals surface area contributed by atoms with Gasteiger partial charge in [0.05, 0.1) is 12.7 Å². The summed E-state index contributed by atoms with van der Waals surface area (Å²) >= 11 is 1.98. The third kappa shape index (κ3) is 6.70. The summed E-state index contributed by atoms with van der Waals surface area (Å²) in [6.07, 6.45) is 8.29. The van der Waals surface area contributed by atoms with Gasteiger partial charge in [-0.3, -0.25) is 4.99 Å². The Labute approximate surface area is 167 Å². The van der Waals surface area contributed by atoms with Crippen molar-refractivity contribution in [3.63, 3.8) is 0 Å². The molecule has 1 aromatic carbocycles. The second-order valence-corrected chi connectivity index (χ2v) is 8.52. The van der Waals surface area contributed by atoms with E-state index in [0.717, 1.165) is 43.8 Å². The molecule has 0 radical (unpaired) electrons. The lowest BCUT2D eigenvalue weighted by Crippen LogP contribution is -2.42. The first-order valence-electron chi connectivity index (χ1n) is 10.0. The van der Waals surface area contributed by atoms with Gasteiger partial charge in [0.15, 0.2) is 5.96 Å². The highest BCUT2D eigenvalue weighted by Gasteiger charge is 2.24. The molecule has 1 heterocycles. The number of hydrogen-bond acceptors (Lipinski definition) is 4. The van der Waals surface area contributed by atoms with E-state index in [1.807, 2.05) is 18.8 Å². The van der Waals surface area contributed by atoms with Crippen LogP contribution in [0, 0.1) is 0 Å². The first-order valence-corrected chi connectivity index (χ1v) is 11.3. The lowest BCUT2D eigenvalue weighted by molar-refractivity contribution is -0.0390. The van der Waals surface area contributed by atoms with Crippen molar-refractivity contribution >= 4 is 17.7 Å². The molecule has 5 nitrogen and oxygen atoms in total. The Morgan fingerprint density at radius 1 is 1.22 bits per heavy atom. The fraction of sp³-hybridized carbons (Fsp3) is 0.667. The van der Waals surface area contributed by atoms with Crippen molar-refractivity contribution < 1.29 is 9.47 Å². The van der Waals surface area contributed by atoms with Crippen LogP contribution in [0.4, 0.5) is 0 Å². The van der Waals surface area contributed by atoms with Crippen molar-refractivity contribution in [3.05, 3.63) is 35.4 Å². The Morgan fingerprint density at radius 2 is 2.04 bits per heavy atom. The van der Waals surface area contributed by atoms with E-state index in [-0.39, 0.29) is 0 Å². The van der Waals surface area contributed by atoms with Crippen LogP contribution in [0.5, 0.6) is 0 Å². The van der Waals surface area contributed by atoms with Crippen LogP contribution in [0.25, 0.3) is 0 Å². The number of ether oxygens (including phenoxy) is 2. The van der Waals surface area contributed by atoms with E-state index in [1.54, 1.807) is 0 Å². The van der Waals surface area contributed by atoms with E-state index in [1.165, 1.54) is 30.4 Å². The van der Waals surface area contributed by atoms with E-state index in [0.29, 0.717) is 18.8 Å². The molecule has 150 valence electrons. The summed E-state index contributed by atoms with van der Waals surface area (Å²) < 4.78 is 11.4. The van der Waals surface area contributed by atoms with E-state index >= 15 is 0 Å². The minimum absolute atomic E-state index is 0.333. The first kappa shape index (κ1) is 20.5. The summed E-state index contributed by atoms with van der Waals surface area (Å²) in [5.74, 6) is 0.894. The molecule has 0 spiro atoms. The van der Waals surface area contributed by atoms with Crippen LogP contribution in [0.1, 0.15) is 43.2 Å². The standard InChI is InChI=1S/C21H33N3O2S/c1-22-21(24-18-6-7-20(13-18)27-2)23-14-16-4-3-5-17(12-16)15-26-19-8-10-25-11-9-19/h3-5,12,18-20H,6-11,13-15H2,1-2H3,(H2,22,23,24). The van der Waals surface area contributed by atoms with Gasteiger partial charge in [-0.25, -0.2) is 0 Å². The first-order chi connectivity index (χ1) is 13.3. The molecular formula is C21H33N3O2S. The largest absolute Gasteiger partial charge is 0.381 e. The third-order valence-electron chi connectivity index (χ3n) is 5.39. The summed E-state index contributed by atoms with van der Waals surface area (Å²) in [5.41, 5.74) is 2.47. The second-order valence-electron chi connectivity index (χ2n) is 7.38. The van der Waals surface area contributed by atoms with Crippen LogP contribution in [-0.4, -0.2) is 49.9 Å². The van der Waals surface area contributed by atoms with Gasteiger partial charge in [-0.15, -0.1) is 0 Å². The maximum atomic E-state index is 6.04. The quantitative estimate of drug-likeness (QED) is 0.552. The summed E-state index contributed by atoms with van der Waals surface area (Å²) in [6, 6.07) is 9.15. The van der Waals surface area contributed by atoms with Crippen molar-refractivity contribution in [1.82, 2.24) is 10.6 Å². The maximum absolute atomic E-state index is 6.04. The van der Waals surface area contributed by atoms with E-state index in [9.17, 15) is 0 Å². The molecule has 3 rings (SSSR count). The minimum atomic E-state index is 0.333. The van der Waals surface area contributed by atoms with E-state index < -0.39 is 0 Å². The highest BCUT2D eigenvalue weighted by molar-refractivity contribution is 7.99. The van der Waals surface area contributed by atoms with Crippen molar-refractivity contribution in [3.8, 4) is 0 Å². The molecule has 2 unspecified atom stereocenters. The van der Waals surface area contributed by atoms with Crippen LogP contribution in [0.3, 0.4) is 0 Å². The fourth-order valence-corrected chi connectivity index (χ4v) is 4.54. The average Bonchev–Trinajstić information content (AvgIpc) is 3.18. The molecule has 1 saturated heterocycles. The maximum Gasteiger partial charge on any atom is 0.191 e. The zero-order valence-corrected chi connectivity index (χ0v) is 17.4. The summed E-state index contributed by atoms with van der Waals surface area (Å²) in [4.78, 5) is 4.39. The van der Waals surface area contributed by atoms with Crippen molar-refractivity contribution in [2.75, 3.05) is 26.5 Å². The average molecular weight is 392 g/mol. The summed E-state index contributed by atoms with van der Waals surface area (Å²) in [6.45, 7) is 3.08. The molecule has 0 amide bonds. The lowest BCUT2D eigenvalue weighted by atomic mass is 10.1. The van der Waals surface area contributed by atoms with Gasteiger partial charge in [-0.1, -0.05) is 24.3 Å². The molecule has 1 saturated carbocycles. The number of thioether (sulfide) groups is 1. The molecule has 1 aliphatic carbocycles. The van der Waals surface area contributed by atoms with Gasteiger partial charge < -0.3 is 20.1 Å². The molecule has 1 aliphatic heterocycles. The zero-order valence-electron chi connectivity index (χ0n) is 16.6. The number of hydrogen-bond donors (Lipinski definition) is 2. The summed E-state index contributed by atoms with van der Waals surface area (Å²) in [5, 5.41) is 7.81. The minimum Gasteiger partial charge on any atom is -0.381 e. The molecule has 2 fully saturated rings. The van der Waals surface area contributed by atoms with Crippen molar-refractivity contribution in [2.45, 2.75) is 62.7 Å². The lowest BCUT2D eigenvalue weighted by Gasteiger charge is -2.22. The van der Waals surface area contributed by atoms with E-state index in [2.05, 4.69) is 46.1 Å². The predicted octanol–water partition coefficient (Wildman–Crippen LogP) is 3.33. The van der Waals surface area contributed by atoms with Gasteiger partial charge in [0, 0.05) is 38.1 Å². The molecule has 0 bridgehead atoms. The van der Waals surface area contributed by atoms with Crippen LogP contribution in [0.15, 0.2) is 29.3 Å². The Morgan fingerprint density at radius 3 is 2.78 bits per heavy atom. The Kier molecular flexibility index (Phi) is 8.30. The Bertz CT molecular complexity index is 605. The van der Waals surface area contributed by atoms with E-state index in [4.69, 9.17) is 9.47 Å². The van der Waals surface area contributed by atoms with Gasteiger partial charge in [-0.05, 0) is 49.5 Å². The molecule has 0 aromatic heterocycles. The third-order valence-corrected chi connectivity index (χ3v) is 6.48. The Hall–Kier alpha value is -1.24. The van der Waals surface area contributed by atoms with Crippen molar-refractivity contribution in [2.24, 2.45) is 4.99 Å². The van der Waals surface area contributed by atoms with Crippen LogP contribution >= 0.6 is 11.8 Å². The number of nitrogens with one attached hydrogen (secondary N) is 2. The normalized spacial score (nSPS) is 24.1. The van der Waals surface area contributed by atoms with Gasteiger partial charge in [0.1, 0.15) is 0 Å². The zero-order chi connectivity index (χ0) is 18.9. The number of guanidine groups is 1. The molecule has 27 heavy (non-hydrogen) atoms. The second kappa shape index (κ2) is 10.9. The smallest absolute Gasteiger partial charge is 0.191 e. The van der Waals surface area contributed by atoms with Crippen LogP contribution < -0.4 is 10.6 Å². The highest BCUT2D eigenvalue weighted by atomic mass is 32.2. The van der Waals surface area contributed by atoms with Gasteiger partial charge in [0.25, 0.3) is 0 Å². The molecule has 6 heteroatoms. The van der Waals surface area contributed by atoms with Gasteiger partial charge in [0.2, 0.25) is 0 Å². The molecule has 1 aromatic rings. The summed E-state index contributed by atoms with van der Waals surface area (Å²) in [7, 11) is 1.84. The molecule has 2 aliphatic rings. The number of aliphatic imine (C=N–C) groups is 1. The fourth-order valence-electron chi connectivity index (χ4n) is 3.75. The van der Waals surface area contributed by atoms with Gasteiger partial charge in [-0.2, -0.15) is 11.8 Å². The van der Waals surface area contributed by atoms with Crippen LogP contribution in [-0.2, 0) is 22.6 Å². The Balaban J connectivity index is 1.44. The molecular weight excluding hydrogens is 358 g/mol. The predicted molar refractivity (Wildman–Crippen MR) is 113 cm³/mol. The number of benzene rings is 1. The monoisotopic (exact) mass is 391 g/mol. The SMILES string of the molecule is CN=C(NCc1cccc(COC2CCOCC2)c1)NC1CCC(SC)C1. The van der Waals surface area contributed by atoms with Crippen molar-refractivity contribution in [1.29, 1.82) is 0 Å². The van der Waals surface area contributed by atoms with Gasteiger partial charge >= 0.3 is 0 Å². The molecule has 2 atom stereocenters. The van der Waals surface area contributed by atoms with Crippen LogP contribution in [0.2, 0.25) is 0 Å². The topological polar surface area (TPSA) is 54.9 Å². The highest BCUT2D eigenvalue weighted by Crippen LogP contribution is 2.28. The number of rotatable bonds is 7. The number of nitrogens with zero attached hydrogens (tertiary/aromatic N) is 1. The molecule has 2 N–H and O–H groups in total.